The van der Waals surface area contributed by atoms with E-state index < -0.39 is 0 Å². The van der Waals surface area contributed by atoms with Crippen LogP contribution in [0.1, 0.15) is 6.04 Å². The van der Waals surface area contributed by atoms with Crippen molar-refractivity contribution >= 4 is 22.4 Å². The summed E-state index contributed by atoms with van der Waals surface area (Å²) in [5.41, 5.74) is 2.13. The molecule has 8 nitrogen and oxygen atoms in total. The van der Waals surface area contributed by atoms with E-state index in [0.717, 1.165) is 5.52 Å². The number of benzene rings is 1. The zero-order valence-electron chi connectivity index (χ0n) is 14.3. The van der Waals surface area contributed by atoms with Crippen molar-refractivity contribution in [3.8, 4) is 11.5 Å². The molecule has 0 unspecified atom stereocenters. The van der Waals surface area contributed by atoms with Gasteiger partial charge < -0.3 is 19.6 Å². The lowest BCUT2D eigenvalue weighted by molar-refractivity contribution is -0.0228. The fourth-order valence-electron chi connectivity index (χ4n) is 3.18. The van der Waals surface area contributed by atoms with E-state index in [4.69, 9.17) is 4.74 Å². The summed E-state index contributed by atoms with van der Waals surface area (Å²) in [4.78, 5) is 20.0. The van der Waals surface area contributed by atoms with Gasteiger partial charge in [-0.1, -0.05) is 12.1 Å². The van der Waals surface area contributed by atoms with Crippen LogP contribution >= 0.6 is 0 Å². The third-order valence-electron chi connectivity index (χ3n) is 4.61. The van der Waals surface area contributed by atoms with Gasteiger partial charge in [0.1, 0.15) is 17.8 Å². The summed E-state index contributed by atoms with van der Waals surface area (Å²) >= 11 is 0. The average molecular weight is 360 g/mol. The van der Waals surface area contributed by atoms with E-state index in [1.54, 1.807) is 12.5 Å². The zero-order valence-corrected chi connectivity index (χ0v) is 14.3. The van der Waals surface area contributed by atoms with Gasteiger partial charge in [0.25, 0.3) is 0 Å². The van der Waals surface area contributed by atoms with E-state index in [1.807, 2.05) is 41.0 Å². The summed E-state index contributed by atoms with van der Waals surface area (Å²) in [7, 11) is 0. The van der Waals surface area contributed by atoms with Crippen molar-refractivity contribution in [1.82, 2.24) is 24.7 Å². The molecule has 1 aromatic carbocycles. The van der Waals surface area contributed by atoms with Crippen LogP contribution in [0.5, 0.6) is 0 Å². The van der Waals surface area contributed by atoms with Crippen LogP contribution in [-0.2, 0) is 4.74 Å². The molecule has 0 radical (unpaired) electrons. The molecule has 1 aliphatic heterocycles. The van der Waals surface area contributed by atoms with Crippen LogP contribution in [0.25, 0.3) is 22.4 Å². The number of H-pyrrole nitrogens is 1. The highest BCUT2D eigenvalue weighted by molar-refractivity contribution is 5.92. The Morgan fingerprint density at radius 3 is 2.89 bits per heavy atom. The molecule has 0 atom stereocenters. The molecular formula is C19H16N6O2. The second-order valence-electron chi connectivity index (χ2n) is 6.36. The number of fused-ring (bicyclic) bond motifs is 1. The first kappa shape index (κ1) is 15.7. The summed E-state index contributed by atoms with van der Waals surface area (Å²) in [6, 6.07) is 13.0. The Balaban J connectivity index is 1.52. The smallest absolute Gasteiger partial charge is 0.191 e. The fourth-order valence-corrected chi connectivity index (χ4v) is 3.18. The maximum absolute atomic E-state index is 12.3. The zero-order chi connectivity index (χ0) is 18.2. The van der Waals surface area contributed by atoms with Gasteiger partial charge in [0.2, 0.25) is 0 Å². The van der Waals surface area contributed by atoms with Crippen LogP contribution in [0.4, 0.5) is 11.5 Å². The second-order valence-corrected chi connectivity index (χ2v) is 6.36. The van der Waals surface area contributed by atoms with Gasteiger partial charge in [0.05, 0.1) is 35.8 Å². The Morgan fingerprint density at radius 2 is 2.04 bits per heavy atom. The predicted octanol–water partition coefficient (Wildman–Crippen LogP) is 2.50. The minimum atomic E-state index is -0.0484. The second kappa shape index (κ2) is 6.33. The van der Waals surface area contributed by atoms with Gasteiger partial charge in [-0.05, 0) is 24.3 Å². The van der Waals surface area contributed by atoms with Crippen molar-refractivity contribution in [2.45, 2.75) is 6.04 Å². The lowest BCUT2D eigenvalue weighted by Gasteiger charge is -2.27. The van der Waals surface area contributed by atoms with Gasteiger partial charge in [0, 0.05) is 12.3 Å². The lowest BCUT2D eigenvalue weighted by Crippen LogP contribution is -2.30. The van der Waals surface area contributed by atoms with Crippen LogP contribution in [0.2, 0.25) is 0 Å². The minimum Gasteiger partial charge on any atom is -0.377 e. The van der Waals surface area contributed by atoms with E-state index >= 15 is 0 Å². The number of nitrogens with zero attached hydrogens (tertiary/aromatic N) is 4. The summed E-state index contributed by atoms with van der Waals surface area (Å²) in [6.07, 6.45) is 3.35. The standard InChI is InChI=1S/C19H16N6O2/c26-16-7-8-20-13-3-1-4-14(18(13)16)22-17-6-2-5-15(23-17)19-24-21-11-25(19)12-9-27-10-12/h1-8,11-12H,9-10H2,(H,20,26)(H,22,23). The molecule has 0 amide bonds. The van der Waals surface area contributed by atoms with Crippen LogP contribution in [-0.4, -0.2) is 37.9 Å². The Morgan fingerprint density at radius 1 is 1.15 bits per heavy atom. The third-order valence-corrected chi connectivity index (χ3v) is 4.61. The van der Waals surface area contributed by atoms with Gasteiger partial charge in [-0.3, -0.25) is 4.79 Å². The van der Waals surface area contributed by atoms with Crippen molar-refractivity contribution in [3.05, 3.63) is 65.2 Å². The molecule has 3 aromatic heterocycles. The van der Waals surface area contributed by atoms with Gasteiger partial charge in [-0.15, -0.1) is 10.2 Å². The van der Waals surface area contributed by atoms with Crippen LogP contribution in [0.3, 0.4) is 0 Å². The Labute approximate surface area is 153 Å². The van der Waals surface area contributed by atoms with Crippen LogP contribution < -0.4 is 10.7 Å². The van der Waals surface area contributed by atoms with Crippen LogP contribution in [0, 0.1) is 0 Å². The molecule has 2 N–H and O–H groups in total. The number of hydrogen-bond acceptors (Lipinski definition) is 6. The molecule has 0 aliphatic carbocycles. The first-order chi connectivity index (χ1) is 13.3. The molecule has 8 heteroatoms. The summed E-state index contributed by atoms with van der Waals surface area (Å²) in [6.45, 7) is 1.31. The van der Waals surface area contributed by atoms with Crippen LogP contribution in [0.15, 0.2) is 59.8 Å². The normalized spacial score (nSPS) is 14.2. The highest BCUT2D eigenvalue weighted by atomic mass is 16.5. The van der Waals surface area contributed by atoms with Crippen molar-refractivity contribution in [3.63, 3.8) is 0 Å². The third kappa shape index (κ3) is 2.76. The summed E-state index contributed by atoms with van der Waals surface area (Å²) < 4.78 is 7.25. The van der Waals surface area contributed by atoms with Gasteiger partial charge in [-0.25, -0.2) is 4.98 Å². The molecule has 1 fully saturated rings. The molecule has 0 bridgehead atoms. The number of anilines is 2. The highest BCUT2D eigenvalue weighted by Crippen LogP contribution is 2.26. The molecule has 4 aromatic rings. The average Bonchev–Trinajstić information content (AvgIpc) is 3.10. The fraction of sp³-hybridized carbons (Fsp3) is 0.158. The molecule has 1 saturated heterocycles. The molecule has 5 rings (SSSR count). The molecule has 27 heavy (non-hydrogen) atoms. The number of hydrogen-bond donors (Lipinski definition) is 2. The largest absolute Gasteiger partial charge is 0.377 e. The van der Waals surface area contributed by atoms with Crippen molar-refractivity contribution < 1.29 is 4.74 Å². The summed E-state index contributed by atoms with van der Waals surface area (Å²) in [5.74, 6) is 1.32. The number of pyridine rings is 2. The van der Waals surface area contributed by atoms with E-state index in [9.17, 15) is 4.79 Å². The predicted molar refractivity (Wildman–Crippen MR) is 101 cm³/mol. The first-order valence-electron chi connectivity index (χ1n) is 8.62. The van der Waals surface area contributed by atoms with Crippen molar-refractivity contribution in [1.29, 1.82) is 0 Å². The maximum atomic E-state index is 12.3. The Bertz CT molecular complexity index is 1170. The number of aromatic amines is 1. The number of ether oxygens (including phenoxy) is 1. The topological polar surface area (TPSA) is 97.7 Å². The molecular weight excluding hydrogens is 344 g/mol. The van der Waals surface area contributed by atoms with Crippen molar-refractivity contribution in [2.75, 3.05) is 18.5 Å². The van der Waals surface area contributed by atoms with Gasteiger partial charge >= 0.3 is 0 Å². The monoisotopic (exact) mass is 360 g/mol. The number of nitrogens with one attached hydrogen (secondary N) is 2. The number of aromatic nitrogens is 5. The Kier molecular flexibility index (Phi) is 3.68. The molecule has 4 heterocycles. The molecule has 0 saturated carbocycles. The molecule has 134 valence electrons. The number of rotatable bonds is 4. The molecule has 0 spiro atoms. The Hall–Kier alpha value is -3.52. The van der Waals surface area contributed by atoms with E-state index in [0.29, 0.717) is 41.6 Å². The highest BCUT2D eigenvalue weighted by Gasteiger charge is 2.24. The lowest BCUT2D eigenvalue weighted by atomic mass is 10.1. The minimum absolute atomic E-state index is 0.0484. The maximum Gasteiger partial charge on any atom is 0.191 e. The van der Waals surface area contributed by atoms with Gasteiger partial charge in [-0.2, -0.15) is 0 Å². The SMILES string of the molecule is O=c1cc[nH]c2cccc(Nc3cccc(-c4nncn4C4COC4)n3)c12. The van der Waals surface area contributed by atoms with E-state index in [1.165, 1.54) is 6.07 Å². The van der Waals surface area contributed by atoms with E-state index in [2.05, 4.69) is 25.5 Å². The molecule has 1 aliphatic rings. The quantitative estimate of drug-likeness (QED) is 0.580. The summed E-state index contributed by atoms with van der Waals surface area (Å²) in [5, 5.41) is 12.1. The van der Waals surface area contributed by atoms with Crippen molar-refractivity contribution in [2.24, 2.45) is 0 Å². The first-order valence-corrected chi connectivity index (χ1v) is 8.62. The van der Waals surface area contributed by atoms with E-state index in [-0.39, 0.29) is 11.5 Å². The van der Waals surface area contributed by atoms with Gasteiger partial charge in [0.15, 0.2) is 11.3 Å².